The first-order chi connectivity index (χ1) is 29.4. The van der Waals surface area contributed by atoms with Crippen LogP contribution in [-0.4, -0.2) is 6.71 Å². The summed E-state index contributed by atoms with van der Waals surface area (Å²) in [4.78, 5) is 7.44. The molecular formula is C56H44BN3. The van der Waals surface area contributed by atoms with Gasteiger partial charge in [0.2, 0.25) is 0 Å². The first-order valence-electron chi connectivity index (χ1n) is 20.9. The molecule has 0 saturated carbocycles. The molecule has 0 atom stereocenters. The lowest BCUT2D eigenvalue weighted by molar-refractivity contribution is 1.22. The Kier molecular flexibility index (Phi) is 8.49. The Morgan fingerprint density at radius 2 is 0.833 bits per heavy atom. The molecule has 9 aromatic carbocycles. The van der Waals surface area contributed by atoms with Gasteiger partial charge >= 0.3 is 0 Å². The number of anilines is 9. The zero-order valence-electron chi connectivity index (χ0n) is 34.4. The van der Waals surface area contributed by atoms with Crippen molar-refractivity contribution in [3.8, 4) is 11.1 Å². The summed E-state index contributed by atoms with van der Waals surface area (Å²) in [5.74, 6) is 0. The predicted octanol–water partition coefficient (Wildman–Crippen LogP) is 13.3. The Labute approximate surface area is 353 Å². The first kappa shape index (κ1) is 35.8. The van der Waals surface area contributed by atoms with Crippen molar-refractivity contribution in [1.82, 2.24) is 0 Å². The summed E-state index contributed by atoms with van der Waals surface area (Å²) in [5.41, 5.74) is 21.8. The highest BCUT2D eigenvalue weighted by molar-refractivity contribution is 7.00. The molecule has 0 fully saturated rings. The third-order valence-electron chi connectivity index (χ3n) is 12.4. The molecule has 2 aliphatic heterocycles. The minimum atomic E-state index is 0.0451. The molecule has 9 aromatic rings. The molecule has 4 heteroatoms. The zero-order valence-corrected chi connectivity index (χ0v) is 34.4. The highest BCUT2D eigenvalue weighted by atomic mass is 15.2. The van der Waals surface area contributed by atoms with Gasteiger partial charge in [-0.25, -0.2) is 0 Å². The van der Waals surface area contributed by atoms with E-state index in [0.717, 1.165) is 28.4 Å². The SMILES string of the molecule is Cc1ccc(N2c3ccc(C)cc3B3c4cc(C)ccc4N(c4ccc(C)cc4)c4cc(N(c5ccccc5)c5ccc(-c6ccc7ccccc7c6)cc5)cc2c43)cc1. The van der Waals surface area contributed by atoms with Crippen LogP contribution in [0.25, 0.3) is 21.9 Å². The van der Waals surface area contributed by atoms with Gasteiger partial charge in [0.05, 0.1) is 5.69 Å². The molecule has 0 bridgehead atoms. The second-order valence-corrected chi connectivity index (χ2v) is 16.6. The molecule has 3 nitrogen and oxygen atoms in total. The lowest BCUT2D eigenvalue weighted by Gasteiger charge is -2.45. The Hall–Kier alpha value is -7.30. The lowest BCUT2D eigenvalue weighted by atomic mass is 9.33. The smallest absolute Gasteiger partial charge is 0.252 e. The molecule has 286 valence electrons. The molecule has 0 radical (unpaired) electrons. The third-order valence-corrected chi connectivity index (χ3v) is 12.4. The second-order valence-electron chi connectivity index (χ2n) is 16.6. The average Bonchev–Trinajstić information content (AvgIpc) is 3.28. The van der Waals surface area contributed by atoms with Crippen molar-refractivity contribution >= 4 is 85.1 Å². The van der Waals surface area contributed by atoms with Gasteiger partial charge in [0.1, 0.15) is 0 Å². The molecule has 2 aliphatic rings. The van der Waals surface area contributed by atoms with Crippen LogP contribution in [0.3, 0.4) is 0 Å². The topological polar surface area (TPSA) is 9.72 Å². The van der Waals surface area contributed by atoms with E-state index in [2.05, 4.69) is 237 Å². The number of hydrogen-bond donors (Lipinski definition) is 0. The maximum Gasteiger partial charge on any atom is 0.252 e. The monoisotopic (exact) mass is 769 g/mol. The summed E-state index contributed by atoms with van der Waals surface area (Å²) in [6.45, 7) is 8.81. The molecule has 0 aromatic heterocycles. The van der Waals surface area contributed by atoms with Crippen molar-refractivity contribution in [2.45, 2.75) is 27.7 Å². The molecule has 0 spiro atoms. The van der Waals surface area contributed by atoms with Gasteiger partial charge in [0, 0.05) is 45.5 Å². The number of nitrogens with zero attached hydrogens (tertiary/aromatic N) is 3. The fourth-order valence-electron chi connectivity index (χ4n) is 9.50. The number of hydrogen-bond acceptors (Lipinski definition) is 3. The normalized spacial score (nSPS) is 12.6. The van der Waals surface area contributed by atoms with Crippen LogP contribution in [0.2, 0.25) is 0 Å². The molecule has 0 saturated heterocycles. The minimum Gasteiger partial charge on any atom is -0.311 e. The van der Waals surface area contributed by atoms with Crippen LogP contribution in [0.15, 0.2) is 194 Å². The summed E-state index contributed by atoms with van der Waals surface area (Å²) in [6, 6.07) is 72.2. The fraction of sp³-hybridized carbons (Fsp3) is 0.0714. The number of benzene rings is 9. The fourth-order valence-corrected chi connectivity index (χ4v) is 9.50. The van der Waals surface area contributed by atoms with Crippen LogP contribution < -0.4 is 31.1 Å². The van der Waals surface area contributed by atoms with E-state index in [-0.39, 0.29) is 6.71 Å². The average molecular weight is 770 g/mol. The van der Waals surface area contributed by atoms with Crippen molar-refractivity contribution in [3.63, 3.8) is 0 Å². The van der Waals surface area contributed by atoms with Gasteiger partial charge in [0.15, 0.2) is 0 Å². The van der Waals surface area contributed by atoms with Gasteiger partial charge < -0.3 is 14.7 Å². The van der Waals surface area contributed by atoms with Gasteiger partial charge in [-0.1, -0.05) is 138 Å². The van der Waals surface area contributed by atoms with Crippen molar-refractivity contribution in [1.29, 1.82) is 0 Å². The summed E-state index contributed by atoms with van der Waals surface area (Å²) >= 11 is 0. The molecule has 0 aliphatic carbocycles. The second kappa shape index (κ2) is 14.2. The zero-order chi connectivity index (χ0) is 40.5. The van der Waals surface area contributed by atoms with Gasteiger partial charge in [-0.15, -0.1) is 0 Å². The van der Waals surface area contributed by atoms with Crippen molar-refractivity contribution < 1.29 is 0 Å². The first-order valence-corrected chi connectivity index (χ1v) is 20.9. The van der Waals surface area contributed by atoms with E-state index in [4.69, 9.17) is 0 Å². The highest BCUT2D eigenvalue weighted by Crippen LogP contribution is 2.48. The van der Waals surface area contributed by atoms with E-state index in [9.17, 15) is 0 Å². The molecule has 11 rings (SSSR count). The van der Waals surface area contributed by atoms with Crippen LogP contribution in [0.1, 0.15) is 22.3 Å². The van der Waals surface area contributed by atoms with Crippen LogP contribution in [-0.2, 0) is 0 Å². The molecule has 0 amide bonds. The highest BCUT2D eigenvalue weighted by Gasteiger charge is 2.44. The lowest BCUT2D eigenvalue weighted by Crippen LogP contribution is -2.61. The molecule has 0 unspecified atom stereocenters. The van der Waals surface area contributed by atoms with Crippen molar-refractivity contribution in [2.75, 3.05) is 14.7 Å². The maximum absolute atomic E-state index is 2.51. The number of fused-ring (bicyclic) bond motifs is 5. The molecule has 2 heterocycles. The van der Waals surface area contributed by atoms with Crippen LogP contribution in [0.4, 0.5) is 51.2 Å². The van der Waals surface area contributed by atoms with Crippen LogP contribution >= 0.6 is 0 Å². The minimum absolute atomic E-state index is 0.0451. The Bertz CT molecular complexity index is 2960. The number of aryl methyl sites for hydroxylation is 4. The number of rotatable bonds is 6. The van der Waals surface area contributed by atoms with E-state index in [1.165, 1.54) is 83.3 Å². The van der Waals surface area contributed by atoms with Gasteiger partial charge in [-0.3, -0.25) is 0 Å². The van der Waals surface area contributed by atoms with E-state index in [0.29, 0.717) is 0 Å². The number of para-hydroxylation sites is 1. The quantitative estimate of drug-likeness (QED) is 0.156. The van der Waals surface area contributed by atoms with Gasteiger partial charge in [0.25, 0.3) is 6.71 Å². The molecule has 0 N–H and O–H groups in total. The van der Waals surface area contributed by atoms with E-state index < -0.39 is 0 Å². The summed E-state index contributed by atoms with van der Waals surface area (Å²) in [5, 5.41) is 2.50. The molecule has 60 heavy (non-hydrogen) atoms. The van der Waals surface area contributed by atoms with Crippen LogP contribution in [0, 0.1) is 27.7 Å². The Morgan fingerprint density at radius 1 is 0.350 bits per heavy atom. The molecular weight excluding hydrogens is 725 g/mol. The van der Waals surface area contributed by atoms with E-state index >= 15 is 0 Å². The summed E-state index contributed by atoms with van der Waals surface area (Å²) in [6.07, 6.45) is 0. The summed E-state index contributed by atoms with van der Waals surface area (Å²) in [7, 11) is 0. The van der Waals surface area contributed by atoms with Gasteiger partial charge in [-0.2, -0.15) is 0 Å². The van der Waals surface area contributed by atoms with Crippen molar-refractivity contribution in [2.24, 2.45) is 0 Å². The van der Waals surface area contributed by atoms with Crippen molar-refractivity contribution in [3.05, 3.63) is 216 Å². The summed E-state index contributed by atoms with van der Waals surface area (Å²) < 4.78 is 0. The predicted molar refractivity (Wildman–Crippen MR) is 257 cm³/mol. The van der Waals surface area contributed by atoms with E-state index in [1.807, 2.05) is 0 Å². The van der Waals surface area contributed by atoms with E-state index in [1.54, 1.807) is 0 Å². The third kappa shape index (κ3) is 5.98. The standard InChI is InChI=1S/C56H44BN3/c1-37-14-24-47(25-15-37)59-52-30-18-39(3)32-50(52)57-51-33-40(4)19-31-53(51)60(48-26-16-38(2)17-27-48)55-36-49(35-54(59)56(55)57)58(45-12-6-5-7-13-45)46-28-22-42(23-29-46)44-21-20-41-10-8-9-11-43(41)34-44/h5-36H,1-4H3. The largest absolute Gasteiger partial charge is 0.311 e. The Balaban J connectivity index is 1.18. The Morgan fingerprint density at radius 3 is 1.40 bits per heavy atom. The van der Waals surface area contributed by atoms with Crippen LogP contribution in [0.5, 0.6) is 0 Å². The van der Waals surface area contributed by atoms with Gasteiger partial charge in [-0.05, 0) is 145 Å². The maximum atomic E-state index is 2.51.